The minimum Gasteiger partial charge on any atom is -0.384 e. The topological polar surface area (TPSA) is 70.3 Å². The summed E-state index contributed by atoms with van der Waals surface area (Å²) in [5.74, 6) is 0.509. The number of ether oxygens (including phenoxy) is 2. The van der Waals surface area contributed by atoms with Crippen LogP contribution in [-0.2, 0) is 9.47 Å². The summed E-state index contributed by atoms with van der Waals surface area (Å²) in [6, 6.07) is 1.64. The summed E-state index contributed by atoms with van der Waals surface area (Å²) in [5.41, 5.74) is 5.21. The van der Waals surface area contributed by atoms with Crippen molar-refractivity contribution < 1.29 is 9.47 Å². The van der Waals surface area contributed by atoms with Crippen molar-refractivity contribution >= 4 is 5.82 Å². The highest BCUT2D eigenvalue weighted by atomic mass is 16.6. The van der Waals surface area contributed by atoms with Gasteiger partial charge in [-0.3, -0.25) is 0 Å². The van der Waals surface area contributed by atoms with Crippen molar-refractivity contribution in [1.29, 1.82) is 0 Å². The molecule has 2 rings (SSSR count). The fourth-order valence-electron chi connectivity index (χ4n) is 0.741. The van der Waals surface area contributed by atoms with E-state index in [1.54, 1.807) is 12.3 Å². The fraction of sp³-hybridized carbons (Fsp3) is 0.500. The van der Waals surface area contributed by atoms with Crippen LogP contribution in [-0.4, -0.2) is 36.4 Å². The first-order valence-electron chi connectivity index (χ1n) is 4.06. The summed E-state index contributed by atoms with van der Waals surface area (Å²) in [6.45, 7) is 3.11. The lowest BCUT2D eigenvalue weighted by Crippen LogP contribution is -2.16. The third-order valence-corrected chi connectivity index (χ3v) is 1.35. The van der Waals surface area contributed by atoms with Gasteiger partial charge >= 0.3 is 0 Å². The Hall–Kier alpha value is -1.20. The molecule has 5 heteroatoms. The van der Waals surface area contributed by atoms with Crippen LogP contribution in [0.5, 0.6) is 0 Å². The normalized spacial score (nSPS) is 15.7. The Bertz CT molecular complexity index is 202. The molecule has 0 spiro atoms. The van der Waals surface area contributed by atoms with E-state index in [2.05, 4.69) is 9.97 Å². The van der Waals surface area contributed by atoms with Gasteiger partial charge in [0.05, 0.1) is 26.4 Å². The molecule has 0 aromatic carbocycles. The lowest BCUT2D eigenvalue weighted by molar-refractivity contribution is -0.0334. The van der Waals surface area contributed by atoms with Crippen molar-refractivity contribution in [3.05, 3.63) is 18.6 Å². The quantitative estimate of drug-likeness (QED) is 0.617. The Morgan fingerprint density at radius 2 is 1.77 bits per heavy atom. The molecule has 1 fully saturated rings. The van der Waals surface area contributed by atoms with Gasteiger partial charge in [-0.1, -0.05) is 0 Å². The SMILES string of the molecule is C1COCCO1.Nc1ccncn1. The molecule has 0 aliphatic carbocycles. The van der Waals surface area contributed by atoms with Gasteiger partial charge in [0.15, 0.2) is 0 Å². The second-order valence-electron chi connectivity index (χ2n) is 2.36. The van der Waals surface area contributed by atoms with Gasteiger partial charge in [0.25, 0.3) is 0 Å². The minimum absolute atomic E-state index is 0.509. The molecule has 1 saturated heterocycles. The summed E-state index contributed by atoms with van der Waals surface area (Å²) in [6.07, 6.45) is 3.01. The Kier molecular flexibility index (Phi) is 4.81. The van der Waals surface area contributed by atoms with Crippen LogP contribution < -0.4 is 5.73 Å². The zero-order valence-electron chi connectivity index (χ0n) is 7.35. The zero-order chi connectivity index (χ0) is 9.36. The van der Waals surface area contributed by atoms with E-state index in [1.807, 2.05) is 0 Å². The molecule has 1 aliphatic rings. The smallest absolute Gasteiger partial charge is 0.126 e. The van der Waals surface area contributed by atoms with Crippen LogP contribution in [0.25, 0.3) is 0 Å². The van der Waals surface area contributed by atoms with E-state index in [4.69, 9.17) is 15.2 Å². The molecule has 0 amide bonds. The zero-order valence-corrected chi connectivity index (χ0v) is 7.35. The molecule has 0 bridgehead atoms. The van der Waals surface area contributed by atoms with E-state index < -0.39 is 0 Å². The average Bonchev–Trinajstić information content (AvgIpc) is 2.22. The Morgan fingerprint density at radius 3 is 2.00 bits per heavy atom. The molecule has 2 N–H and O–H groups in total. The van der Waals surface area contributed by atoms with Crippen LogP contribution in [0.1, 0.15) is 0 Å². The number of rotatable bonds is 0. The molecule has 0 unspecified atom stereocenters. The number of aromatic nitrogens is 2. The maximum atomic E-state index is 5.21. The molecule has 0 saturated carbocycles. The summed E-state index contributed by atoms with van der Waals surface area (Å²) in [5, 5.41) is 0. The third-order valence-electron chi connectivity index (χ3n) is 1.35. The molecule has 1 aliphatic heterocycles. The van der Waals surface area contributed by atoms with Crippen LogP contribution in [0.2, 0.25) is 0 Å². The molecule has 0 atom stereocenters. The maximum Gasteiger partial charge on any atom is 0.126 e. The van der Waals surface area contributed by atoms with Gasteiger partial charge in [-0.2, -0.15) is 0 Å². The van der Waals surface area contributed by atoms with Crippen molar-refractivity contribution in [3.63, 3.8) is 0 Å². The first kappa shape index (κ1) is 9.88. The summed E-state index contributed by atoms with van der Waals surface area (Å²) < 4.78 is 9.89. The fourth-order valence-corrected chi connectivity index (χ4v) is 0.741. The van der Waals surface area contributed by atoms with E-state index in [1.165, 1.54) is 6.33 Å². The van der Waals surface area contributed by atoms with Gasteiger partial charge in [0, 0.05) is 6.20 Å². The van der Waals surface area contributed by atoms with Gasteiger partial charge in [-0.15, -0.1) is 0 Å². The van der Waals surface area contributed by atoms with Gasteiger partial charge in [0.1, 0.15) is 12.1 Å². The molecular weight excluding hydrogens is 170 g/mol. The predicted octanol–water partition coefficient (Wildman–Crippen LogP) is 0.0920. The van der Waals surface area contributed by atoms with Crippen molar-refractivity contribution in [1.82, 2.24) is 9.97 Å². The number of hydrogen-bond donors (Lipinski definition) is 1. The number of hydrogen-bond acceptors (Lipinski definition) is 5. The minimum atomic E-state index is 0.509. The van der Waals surface area contributed by atoms with E-state index in [9.17, 15) is 0 Å². The molecule has 2 heterocycles. The monoisotopic (exact) mass is 183 g/mol. The molecule has 5 nitrogen and oxygen atoms in total. The van der Waals surface area contributed by atoms with Crippen LogP contribution in [0, 0.1) is 0 Å². The van der Waals surface area contributed by atoms with Gasteiger partial charge < -0.3 is 15.2 Å². The summed E-state index contributed by atoms with van der Waals surface area (Å²) >= 11 is 0. The first-order valence-corrected chi connectivity index (χ1v) is 4.06. The highest BCUT2D eigenvalue weighted by Crippen LogP contribution is 1.86. The third kappa shape index (κ3) is 5.10. The van der Waals surface area contributed by atoms with Crippen LogP contribution >= 0.6 is 0 Å². The molecule has 1 aromatic heterocycles. The van der Waals surface area contributed by atoms with Crippen molar-refractivity contribution in [3.8, 4) is 0 Å². The van der Waals surface area contributed by atoms with E-state index in [0.717, 1.165) is 26.4 Å². The lowest BCUT2D eigenvalue weighted by Gasteiger charge is -2.09. The molecule has 72 valence electrons. The van der Waals surface area contributed by atoms with Gasteiger partial charge in [0.2, 0.25) is 0 Å². The molecule has 13 heavy (non-hydrogen) atoms. The Balaban J connectivity index is 0.000000132. The molecular formula is C8H13N3O2. The largest absolute Gasteiger partial charge is 0.384 e. The average molecular weight is 183 g/mol. The van der Waals surface area contributed by atoms with Crippen molar-refractivity contribution in [2.75, 3.05) is 32.2 Å². The number of nitrogens with zero attached hydrogens (tertiary/aromatic N) is 2. The maximum absolute atomic E-state index is 5.21. The van der Waals surface area contributed by atoms with Crippen molar-refractivity contribution in [2.45, 2.75) is 0 Å². The van der Waals surface area contributed by atoms with Gasteiger partial charge in [-0.05, 0) is 6.07 Å². The van der Waals surface area contributed by atoms with Crippen LogP contribution in [0.15, 0.2) is 18.6 Å². The van der Waals surface area contributed by atoms with Crippen LogP contribution in [0.4, 0.5) is 5.82 Å². The molecule has 1 aromatic rings. The summed E-state index contributed by atoms with van der Waals surface area (Å²) in [7, 11) is 0. The highest BCUT2D eigenvalue weighted by Gasteiger charge is 1.94. The first-order chi connectivity index (χ1) is 6.39. The van der Waals surface area contributed by atoms with E-state index >= 15 is 0 Å². The van der Waals surface area contributed by atoms with E-state index in [0.29, 0.717) is 5.82 Å². The standard InChI is InChI=1S/C4H5N3.C4H8O2/c5-4-1-2-6-3-7-4;1-2-6-4-3-5-1/h1-3H,(H2,5,6,7);1-4H2. The highest BCUT2D eigenvalue weighted by molar-refractivity contribution is 5.22. The number of nitrogen functional groups attached to an aromatic ring is 1. The number of anilines is 1. The predicted molar refractivity (Wildman–Crippen MR) is 48.1 cm³/mol. The Morgan fingerprint density at radius 1 is 1.15 bits per heavy atom. The summed E-state index contributed by atoms with van der Waals surface area (Å²) in [4.78, 5) is 7.30. The van der Waals surface area contributed by atoms with E-state index in [-0.39, 0.29) is 0 Å². The Labute approximate surface area is 76.9 Å². The second-order valence-corrected chi connectivity index (χ2v) is 2.36. The second kappa shape index (κ2) is 6.33. The molecule has 0 radical (unpaired) electrons. The van der Waals surface area contributed by atoms with Gasteiger partial charge in [-0.25, -0.2) is 9.97 Å². The lowest BCUT2D eigenvalue weighted by atomic mass is 10.6. The van der Waals surface area contributed by atoms with Crippen LogP contribution in [0.3, 0.4) is 0 Å². The van der Waals surface area contributed by atoms with Crippen molar-refractivity contribution in [2.24, 2.45) is 0 Å². The number of nitrogens with two attached hydrogens (primary N) is 1.